The van der Waals surface area contributed by atoms with Gasteiger partial charge in [0.2, 0.25) is 11.8 Å². The number of nitrogens with zero attached hydrogens (tertiary/aromatic N) is 2. The smallest absolute Gasteiger partial charge is 0.222 e. The number of amides is 2. The van der Waals surface area contributed by atoms with Crippen LogP contribution in [0.25, 0.3) is 0 Å². The highest BCUT2D eigenvalue weighted by Gasteiger charge is 2.25. The number of nitrogens with one attached hydrogen (secondary N) is 2. The molecule has 0 fully saturated rings. The van der Waals surface area contributed by atoms with Gasteiger partial charge in [0.1, 0.15) is 0 Å². The number of hydrogen-bond acceptors (Lipinski definition) is 9. The molecule has 0 saturated carbocycles. The summed E-state index contributed by atoms with van der Waals surface area (Å²) in [6, 6.07) is 0. The Bertz CT molecular complexity index is 638. The van der Waals surface area contributed by atoms with Gasteiger partial charge < -0.3 is 40.9 Å². The molecule has 0 rings (SSSR count). The Kier molecular flexibility index (Phi) is 16.5. The van der Waals surface area contributed by atoms with Crippen LogP contribution in [0.1, 0.15) is 47.5 Å². The van der Waals surface area contributed by atoms with Crippen molar-refractivity contribution in [3.8, 4) is 0 Å². The number of allylic oxidation sites excluding steroid dienone is 1. The summed E-state index contributed by atoms with van der Waals surface area (Å²) in [4.78, 5) is 25.0. The Balaban J connectivity index is 4.04. The van der Waals surface area contributed by atoms with E-state index in [1.165, 1.54) is 0 Å². The van der Waals surface area contributed by atoms with Crippen molar-refractivity contribution >= 4 is 11.8 Å². The van der Waals surface area contributed by atoms with Crippen LogP contribution >= 0.6 is 0 Å². The fourth-order valence-electron chi connectivity index (χ4n) is 3.09. The third kappa shape index (κ3) is 20.0. The van der Waals surface area contributed by atoms with Crippen LogP contribution in [0.5, 0.6) is 0 Å². The number of nitrogens with two attached hydrogens (primary N) is 2. The Labute approximate surface area is 211 Å². The Morgan fingerprint density at radius 2 is 1.49 bits per heavy atom. The number of primary amides is 1. The van der Waals surface area contributed by atoms with Crippen LogP contribution in [0, 0.1) is 5.41 Å². The fourth-order valence-corrected chi connectivity index (χ4v) is 3.09. The van der Waals surface area contributed by atoms with Gasteiger partial charge in [-0.1, -0.05) is 13.8 Å². The van der Waals surface area contributed by atoms with E-state index in [1.807, 2.05) is 46.1 Å². The number of ether oxygens (including phenoxy) is 3. The highest BCUT2D eigenvalue weighted by Crippen LogP contribution is 2.18. The Morgan fingerprint density at radius 1 is 0.914 bits per heavy atom. The number of rotatable bonds is 21. The van der Waals surface area contributed by atoms with Crippen LogP contribution < -0.4 is 22.2 Å². The largest absolute Gasteiger partial charge is 0.401 e. The quantitative estimate of drug-likeness (QED) is 0.130. The fraction of sp³-hybridized carbons (Fsp3) is 0.833. The second kappa shape index (κ2) is 17.5. The van der Waals surface area contributed by atoms with Crippen LogP contribution in [0.15, 0.2) is 11.9 Å². The molecule has 0 heterocycles. The normalized spacial score (nSPS) is 12.7. The van der Waals surface area contributed by atoms with Crippen LogP contribution in [0.4, 0.5) is 0 Å². The number of likely N-dealkylation sites (N-methyl/N-ethyl adjacent to an activating group) is 1. The second-order valence-corrected chi connectivity index (χ2v) is 10.3. The molecule has 0 aliphatic rings. The van der Waals surface area contributed by atoms with Gasteiger partial charge in [-0.3, -0.25) is 9.59 Å². The highest BCUT2D eigenvalue weighted by atomic mass is 16.5. The van der Waals surface area contributed by atoms with Crippen LogP contribution in [0.3, 0.4) is 0 Å². The Hall–Kier alpha value is -1.92. The average molecular weight is 503 g/mol. The predicted molar refractivity (Wildman–Crippen MR) is 138 cm³/mol. The summed E-state index contributed by atoms with van der Waals surface area (Å²) >= 11 is 0. The molecule has 6 N–H and O–H groups in total. The molecule has 0 aromatic rings. The molecule has 0 spiro atoms. The lowest BCUT2D eigenvalue weighted by atomic mass is 9.94. The summed E-state index contributed by atoms with van der Waals surface area (Å²) in [6.45, 7) is 14.8. The molecule has 0 aliphatic heterocycles. The summed E-state index contributed by atoms with van der Waals surface area (Å²) in [6.07, 6.45) is 2.38. The number of hydrogen-bond donors (Lipinski definition) is 4. The van der Waals surface area contributed by atoms with Gasteiger partial charge in [-0.15, -0.1) is 0 Å². The van der Waals surface area contributed by atoms with Crippen molar-refractivity contribution in [2.24, 2.45) is 16.9 Å². The standard InChI is InChI=1S/C24H50N6O5/c1-20(25)16-30(27-6)17-23(2,3)18-35-19-24(4,5)28-22(32)9-13-34-15-11-29(7)10-14-33-12-8-21(26)31/h16,27H,8-15,17-19,25H2,1-7H3,(H2,26,31)(H,28,32)/b20-16-. The zero-order valence-corrected chi connectivity index (χ0v) is 22.9. The van der Waals surface area contributed by atoms with Gasteiger partial charge in [-0.05, 0) is 27.8 Å². The van der Waals surface area contributed by atoms with Crippen molar-refractivity contribution in [3.05, 3.63) is 11.9 Å². The summed E-state index contributed by atoms with van der Waals surface area (Å²) in [7, 11) is 3.81. The maximum Gasteiger partial charge on any atom is 0.222 e. The minimum Gasteiger partial charge on any atom is -0.401 e. The lowest BCUT2D eigenvalue weighted by Gasteiger charge is -2.33. The van der Waals surface area contributed by atoms with Gasteiger partial charge in [0.05, 0.1) is 45.2 Å². The summed E-state index contributed by atoms with van der Waals surface area (Å²) < 4.78 is 16.9. The van der Waals surface area contributed by atoms with Crippen molar-refractivity contribution < 1.29 is 23.8 Å². The molecule has 0 aliphatic carbocycles. The highest BCUT2D eigenvalue weighted by molar-refractivity contribution is 5.76. The SMILES string of the molecule is CNN(/C=C(/C)N)CC(C)(C)COCC(C)(C)NC(=O)CCOCCN(C)CCOCCC(N)=O. The maximum atomic E-state index is 12.3. The first-order chi connectivity index (χ1) is 16.3. The van der Waals surface area contributed by atoms with Crippen molar-refractivity contribution in [1.29, 1.82) is 0 Å². The molecule has 0 radical (unpaired) electrons. The van der Waals surface area contributed by atoms with Crippen molar-refractivity contribution in [3.63, 3.8) is 0 Å². The molecule has 0 aromatic carbocycles. The zero-order chi connectivity index (χ0) is 26.9. The molecular formula is C24H50N6O5. The molecule has 11 nitrogen and oxygen atoms in total. The van der Waals surface area contributed by atoms with Crippen LogP contribution in [-0.2, 0) is 23.8 Å². The van der Waals surface area contributed by atoms with E-state index in [0.29, 0.717) is 39.6 Å². The van der Waals surface area contributed by atoms with Crippen LogP contribution in [-0.4, -0.2) is 101 Å². The third-order valence-electron chi connectivity index (χ3n) is 4.88. The van der Waals surface area contributed by atoms with Crippen molar-refractivity contribution in [2.45, 2.75) is 53.0 Å². The second-order valence-electron chi connectivity index (χ2n) is 10.3. The van der Waals surface area contributed by atoms with Crippen LogP contribution in [0.2, 0.25) is 0 Å². The monoisotopic (exact) mass is 502 g/mol. The molecule has 206 valence electrons. The minimum atomic E-state index is -0.488. The van der Waals surface area contributed by atoms with Gasteiger partial charge in [0.25, 0.3) is 0 Å². The molecule has 0 aromatic heterocycles. The van der Waals surface area contributed by atoms with Gasteiger partial charge in [0, 0.05) is 56.8 Å². The van der Waals surface area contributed by atoms with Gasteiger partial charge >= 0.3 is 0 Å². The van der Waals surface area contributed by atoms with E-state index >= 15 is 0 Å². The molecular weight excluding hydrogens is 452 g/mol. The van der Waals surface area contributed by atoms with E-state index in [4.69, 9.17) is 25.7 Å². The molecule has 11 heteroatoms. The maximum absolute atomic E-state index is 12.3. The molecule has 2 amide bonds. The van der Waals surface area contributed by atoms with Gasteiger partial charge in [-0.2, -0.15) is 0 Å². The van der Waals surface area contributed by atoms with E-state index in [1.54, 1.807) is 0 Å². The number of carbonyl (C=O) groups excluding carboxylic acids is 2. The van der Waals surface area contributed by atoms with Crippen molar-refractivity contribution in [1.82, 2.24) is 20.7 Å². The predicted octanol–water partition coefficient (Wildman–Crippen LogP) is 0.411. The average Bonchev–Trinajstić information content (AvgIpc) is 2.71. The van der Waals surface area contributed by atoms with E-state index < -0.39 is 5.54 Å². The van der Waals surface area contributed by atoms with Gasteiger partial charge in [-0.25, -0.2) is 5.43 Å². The zero-order valence-electron chi connectivity index (χ0n) is 22.9. The Morgan fingerprint density at radius 3 is 2.00 bits per heavy atom. The molecule has 0 saturated heterocycles. The first kappa shape index (κ1) is 33.1. The lowest BCUT2D eigenvalue weighted by molar-refractivity contribution is -0.124. The van der Waals surface area contributed by atoms with E-state index in [-0.39, 0.29) is 30.1 Å². The number of hydrazine groups is 1. The first-order valence-electron chi connectivity index (χ1n) is 12.2. The van der Waals surface area contributed by atoms with E-state index in [0.717, 1.165) is 25.3 Å². The van der Waals surface area contributed by atoms with Crippen molar-refractivity contribution in [2.75, 3.05) is 73.4 Å². The molecule has 35 heavy (non-hydrogen) atoms. The minimum absolute atomic E-state index is 0.0704. The number of carbonyl (C=O) groups is 2. The summed E-state index contributed by atoms with van der Waals surface area (Å²) in [5, 5.41) is 4.95. The molecule has 0 atom stereocenters. The summed E-state index contributed by atoms with van der Waals surface area (Å²) in [5.74, 6) is -0.433. The third-order valence-corrected chi connectivity index (χ3v) is 4.88. The molecule has 0 unspecified atom stereocenters. The van der Waals surface area contributed by atoms with E-state index in [9.17, 15) is 9.59 Å². The van der Waals surface area contributed by atoms with E-state index in [2.05, 4.69) is 29.5 Å². The summed E-state index contributed by atoms with van der Waals surface area (Å²) in [5.41, 5.74) is 14.1. The van der Waals surface area contributed by atoms with Gasteiger partial charge in [0.15, 0.2) is 0 Å². The topological polar surface area (TPSA) is 144 Å². The first-order valence-corrected chi connectivity index (χ1v) is 12.2. The molecule has 0 bridgehead atoms. The lowest BCUT2D eigenvalue weighted by Crippen LogP contribution is -2.48.